The number of carbonyl (C=O) groups is 2. The molecular formula is C4H14MoN2O8Zn. The minimum absolute atomic E-state index is 0. The fourth-order valence-corrected chi connectivity index (χ4v) is 0. The first-order valence-corrected chi connectivity index (χ1v) is 5.76. The third-order valence-corrected chi connectivity index (χ3v) is 0. The smallest absolute Gasteiger partial charge is 2.00 e. The molecule has 12 heteroatoms. The number of carboxylic acid groups (broad SMARTS) is 2. The Morgan fingerprint density at radius 3 is 0.875 bits per heavy atom. The van der Waals surface area contributed by atoms with Crippen LogP contribution in [0.5, 0.6) is 0 Å². The summed E-state index contributed by atoms with van der Waals surface area (Å²) in [7, 11) is 0. The molecular weight excluding hydrogens is 365 g/mol. The van der Waals surface area contributed by atoms with Gasteiger partial charge in [0.25, 0.3) is 0 Å². The average molecular weight is 379 g/mol. The molecule has 0 heterocycles. The van der Waals surface area contributed by atoms with Crippen molar-refractivity contribution in [3.8, 4) is 0 Å². The molecule has 10 nitrogen and oxygen atoms in total. The summed E-state index contributed by atoms with van der Waals surface area (Å²) in [6.45, 7) is 1.94. The molecule has 0 aliphatic heterocycles. The van der Waals surface area contributed by atoms with E-state index in [0.29, 0.717) is 0 Å². The van der Waals surface area contributed by atoms with Crippen molar-refractivity contribution in [2.24, 2.45) is 0 Å². The minimum Gasteiger partial charge on any atom is 2.00 e. The van der Waals surface area contributed by atoms with Gasteiger partial charge in [-0.15, -0.1) is 0 Å². The Bertz CT molecular complexity index is 225. The Morgan fingerprint density at radius 1 is 0.875 bits per heavy atom. The Morgan fingerprint density at radius 2 is 0.875 bits per heavy atom. The van der Waals surface area contributed by atoms with Gasteiger partial charge in [0.2, 0.25) is 0 Å². The monoisotopic (exact) mass is 380 g/mol. The van der Waals surface area contributed by atoms with E-state index < -0.39 is 28.7 Å². The van der Waals surface area contributed by atoms with E-state index >= 15 is 0 Å². The van der Waals surface area contributed by atoms with E-state index in [1.165, 1.54) is 0 Å². The van der Waals surface area contributed by atoms with E-state index in [0.717, 1.165) is 13.8 Å². The number of carbonyl (C=O) groups excluding carboxylic acids is 2. The van der Waals surface area contributed by atoms with Crippen molar-refractivity contribution in [2.75, 3.05) is 0 Å². The first kappa shape index (κ1) is 36.1. The quantitative estimate of drug-likeness (QED) is 0.389. The molecule has 96 valence electrons. The van der Waals surface area contributed by atoms with Gasteiger partial charge in [-0.2, -0.15) is 0 Å². The van der Waals surface area contributed by atoms with Crippen molar-refractivity contribution >= 4 is 11.9 Å². The van der Waals surface area contributed by atoms with Crippen LogP contribution in [0.1, 0.15) is 13.8 Å². The predicted octanol–water partition coefficient (Wildman–Crippen LogP) is -4.36. The van der Waals surface area contributed by atoms with E-state index in [1.807, 2.05) is 0 Å². The van der Waals surface area contributed by atoms with E-state index in [-0.39, 0.29) is 31.8 Å². The molecule has 0 aromatic carbocycles. The zero-order chi connectivity index (χ0) is 11.7. The van der Waals surface area contributed by atoms with Crippen molar-refractivity contribution in [1.29, 1.82) is 0 Å². The van der Waals surface area contributed by atoms with E-state index in [2.05, 4.69) is 0 Å². The summed E-state index contributed by atoms with van der Waals surface area (Å²) < 4.78 is 34.5. The second kappa shape index (κ2) is 20.1. The van der Waals surface area contributed by atoms with Crippen molar-refractivity contribution in [3.05, 3.63) is 0 Å². The molecule has 0 aromatic heterocycles. The Hall–Kier alpha value is -0.308. The molecule has 0 bridgehead atoms. The zero-order valence-corrected chi connectivity index (χ0v) is 14.4. The minimum atomic E-state index is -6.02. The summed E-state index contributed by atoms with van der Waals surface area (Å²) in [6, 6.07) is 0. The van der Waals surface area contributed by atoms with Crippen molar-refractivity contribution in [2.45, 2.75) is 13.8 Å². The summed E-state index contributed by atoms with van der Waals surface area (Å²) in [4.78, 5) is 17.8. The van der Waals surface area contributed by atoms with Gasteiger partial charge < -0.3 is 32.1 Å². The van der Waals surface area contributed by atoms with E-state index in [9.17, 15) is 0 Å². The topological polar surface area (TPSA) is 234 Å². The van der Waals surface area contributed by atoms with Crippen LogP contribution in [-0.4, -0.2) is 11.9 Å². The zero-order valence-electron chi connectivity index (χ0n) is 9.38. The Balaban J connectivity index is -0.0000000216. The SMILES string of the molecule is CC(=O)[O-].CC(=O)[O-].[NH4+].[NH4+].[O]=[Mo](=[O])([O-])[O-].[Zn+2]. The van der Waals surface area contributed by atoms with E-state index in [1.54, 1.807) is 0 Å². The fraction of sp³-hybridized carbons (Fsp3) is 0.500. The summed E-state index contributed by atoms with van der Waals surface area (Å²) >= 11 is -6.02. The number of carboxylic acids is 2. The van der Waals surface area contributed by atoms with Crippen LogP contribution in [0.2, 0.25) is 0 Å². The maximum atomic E-state index is 8.89. The van der Waals surface area contributed by atoms with Crippen LogP contribution in [0, 0.1) is 0 Å². The molecule has 0 unspecified atom stereocenters. The van der Waals surface area contributed by atoms with Crippen molar-refractivity contribution < 1.29 is 70.3 Å². The summed E-state index contributed by atoms with van der Waals surface area (Å²) in [6.07, 6.45) is 0. The van der Waals surface area contributed by atoms with Crippen LogP contribution in [0.25, 0.3) is 0 Å². The molecule has 0 fully saturated rings. The molecule has 0 aromatic rings. The molecule has 0 aliphatic carbocycles. The van der Waals surface area contributed by atoms with Crippen LogP contribution in [0.4, 0.5) is 0 Å². The first-order valence-electron chi connectivity index (χ1n) is 2.48. The molecule has 0 saturated carbocycles. The first-order chi connectivity index (χ1) is 5.46. The molecule has 16 heavy (non-hydrogen) atoms. The summed E-state index contributed by atoms with van der Waals surface area (Å²) in [5.41, 5.74) is 0. The molecule has 0 amide bonds. The van der Waals surface area contributed by atoms with Crippen LogP contribution in [-0.2, 0) is 52.6 Å². The third-order valence-electron chi connectivity index (χ3n) is 0. The van der Waals surface area contributed by atoms with Gasteiger partial charge in [-0.1, -0.05) is 0 Å². The molecule has 8 N–H and O–H groups in total. The van der Waals surface area contributed by atoms with Crippen LogP contribution >= 0.6 is 0 Å². The number of hydrogen-bond acceptors (Lipinski definition) is 8. The number of hydrogen-bond donors (Lipinski definition) is 2. The number of quaternary nitrogens is 2. The van der Waals surface area contributed by atoms with Gasteiger partial charge in [0.1, 0.15) is 0 Å². The Labute approximate surface area is 108 Å². The largest absolute Gasteiger partial charge is 2.00 e. The normalized spacial score (nSPS) is 6.75. The molecule has 0 aliphatic rings. The number of aliphatic carboxylic acids is 2. The van der Waals surface area contributed by atoms with Gasteiger partial charge in [0.05, 0.1) is 0 Å². The van der Waals surface area contributed by atoms with Gasteiger partial charge in [-0.05, 0) is 13.8 Å². The fourth-order valence-electron chi connectivity index (χ4n) is 0. The van der Waals surface area contributed by atoms with Crippen molar-refractivity contribution in [3.63, 3.8) is 0 Å². The molecule has 0 saturated heterocycles. The van der Waals surface area contributed by atoms with E-state index in [4.69, 9.17) is 34.1 Å². The molecule has 0 radical (unpaired) electrons. The van der Waals surface area contributed by atoms with Gasteiger partial charge in [0.15, 0.2) is 0 Å². The van der Waals surface area contributed by atoms with Crippen molar-refractivity contribution in [1.82, 2.24) is 12.3 Å². The van der Waals surface area contributed by atoms with Gasteiger partial charge in [-0.3, -0.25) is 0 Å². The standard InChI is InChI=1S/2C2H4O2.Mo.2H3N.4O.Zn/c2*1-2(3)4;;;;;;;;/h2*1H3,(H,3,4);;2*1H3;;;;;/q;;;;;;;2*-1;+2. The molecule has 0 atom stereocenters. The van der Waals surface area contributed by atoms with Gasteiger partial charge in [0, 0.05) is 11.9 Å². The molecule has 0 spiro atoms. The maximum absolute atomic E-state index is 8.89. The van der Waals surface area contributed by atoms with Crippen LogP contribution in [0.15, 0.2) is 0 Å². The Kier molecular flexibility index (Phi) is 45.4. The maximum Gasteiger partial charge on any atom is 2.00 e. The van der Waals surface area contributed by atoms with Gasteiger partial charge in [-0.25, -0.2) is 0 Å². The van der Waals surface area contributed by atoms with Crippen LogP contribution < -0.4 is 30.0 Å². The number of rotatable bonds is 0. The third kappa shape index (κ3) is 23200. The summed E-state index contributed by atoms with van der Waals surface area (Å²) in [5.74, 6) is -2.17. The second-order valence-corrected chi connectivity index (χ2v) is 3.40. The van der Waals surface area contributed by atoms with Gasteiger partial charge >= 0.3 is 50.5 Å². The predicted molar refractivity (Wildman–Crippen MR) is 34.7 cm³/mol. The summed E-state index contributed by atoms with van der Waals surface area (Å²) in [5, 5.41) is 17.8. The second-order valence-electron chi connectivity index (χ2n) is 1.39. The van der Waals surface area contributed by atoms with Crippen LogP contribution in [0.3, 0.4) is 0 Å². The average Bonchev–Trinajstić information content (AvgIpc) is 1.50. The molecule has 0 rings (SSSR count).